The topological polar surface area (TPSA) is 37.3 Å². The Balaban J connectivity index is 0. The van der Waals surface area contributed by atoms with Crippen LogP contribution in [0.4, 0.5) is 0 Å². The monoisotopic (exact) mass is 252 g/mol. The number of carboxylic acid groups (broad SMARTS) is 1. The SMILES string of the molecule is CC(=O)O.S=S=S=S=S=S. The second-order valence-electron chi connectivity index (χ2n) is 0.791. The Morgan fingerprint density at radius 3 is 1.60 bits per heavy atom. The fraction of sp³-hybridized carbons (Fsp3) is 0.500. The molecule has 0 saturated heterocycles. The van der Waals surface area contributed by atoms with Gasteiger partial charge in [0, 0.05) is 64.8 Å². The van der Waals surface area contributed by atoms with Crippen molar-refractivity contribution >= 4 is 63.9 Å². The summed E-state index contributed by atoms with van der Waals surface area (Å²) in [4.78, 5) is 9.00. The third-order valence-electron chi connectivity index (χ3n) is 0.0833. The summed E-state index contributed by atoms with van der Waals surface area (Å²) in [5.74, 6) is -0.833. The normalized spacial score (nSPS) is 6.10. The molecule has 0 aromatic rings. The Labute approximate surface area is 80.1 Å². The molecule has 0 aliphatic carbocycles. The van der Waals surface area contributed by atoms with Crippen LogP contribution in [0.25, 0.3) is 0 Å². The summed E-state index contributed by atoms with van der Waals surface area (Å²) >= 11 is 9.03. The molecule has 0 aromatic carbocycles. The fourth-order valence-electron chi connectivity index (χ4n) is 0.0227. The molecule has 1 N–H and O–H groups in total. The summed E-state index contributed by atoms with van der Waals surface area (Å²) in [7, 11) is 5.63. The average Bonchev–Trinajstić information content (AvgIpc) is 1.82. The third kappa shape index (κ3) is 37.1. The molecule has 60 valence electrons. The van der Waals surface area contributed by atoms with E-state index in [1.807, 2.05) is 0 Å². The van der Waals surface area contributed by atoms with Crippen molar-refractivity contribution in [3.63, 3.8) is 0 Å². The first-order chi connectivity index (χ1) is 4.65. The molecule has 2 nitrogen and oxygen atoms in total. The van der Waals surface area contributed by atoms with Crippen LogP contribution >= 0.6 is 0 Å². The van der Waals surface area contributed by atoms with Gasteiger partial charge in [-0.15, -0.1) is 0 Å². The number of hydrogen-bond donors (Lipinski definition) is 1. The summed E-state index contributed by atoms with van der Waals surface area (Å²) in [5, 5.41) is 7.42. The first-order valence-electron chi connectivity index (χ1n) is 1.76. The van der Waals surface area contributed by atoms with Gasteiger partial charge < -0.3 is 5.11 Å². The van der Waals surface area contributed by atoms with Gasteiger partial charge in [-0.3, -0.25) is 4.79 Å². The highest BCUT2D eigenvalue weighted by Crippen LogP contribution is 1.42. The molecular formula is C2H4O2S6. The van der Waals surface area contributed by atoms with Crippen molar-refractivity contribution in [1.82, 2.24) is 0 Å². The van der Waals surface area contributed by atoms with E-state index in [-0.39, 0.29) is 0 Å². The molecule has 0 spiro atoms. The smallest absolute Gasteiger partial charge is 0.300 e. The summed E-state index contributed by atoms with van der Waals surface area (Å²) in [6.45, 7) is 1.08. The molecule has 0 atom stereocenters. The molecule has 0 heterocycles. The molecule has 0 bridgehead atoms. The minimum atomic E-state index is -0.833. The van der Waals surface area contributed by atoms with Crippen molar-refractivity contribution in [2.45, 2.75) is 6.92 Å². The van der Waals surface area contributed by atoms with Crippen molar-refractivity contribution in [1.29, 1.82) is 0 Å². The predicted octanol–water partition coefficient (Wildman–Crippen LogP) is 0.0765. The highest BCUT2D eigenvalue weighted by Gasteiger charge is 1.65. The number of rotatable bonds is 0. The Morgan fingerprint density at radius 2 is 1.50 bits per heavy atom. The van der Waals surface area contributed by atoms with Gasteiger partial charge in [0.05, 0.1) is 0 Å². The molecule has 0 fully saturated rings. The molecule has 0 aliphatic rings. The Kier molecular flexibility index (Phi) is 16.7. The summed E-state index contributed by atoms with van der Waals surface area (Å²) < 4.78 is 0. The summed E-state index contributed by atoms with van der Waals surface area (Å²) in [5.41, 5.74) is 0. The van der Waals surface area contributed by atoms with Crippen LogP contribution in [0.1, 0.15) is 6.92 Å². The van der Waals surface area contributed by atoms with Gasteiger partial charge in [0.2, 0.25) is 0 Å². The molecule has 8 heteroatoms. The zero-order valence-electron chi connectivity index (χ0n) is 4.80. The van der Waals surface area contributed by atoms with Gasteiger partial charge in [-0.2, -0.15) is 0 Å². The molecule has 0 aliphatic heterocycles. The molecule has 0 radical (unpaired) electrons. The van der Waals surface area contributed by atoms with Crippen molar-refractivity contribution < 1.29 is 9.90 Å². The lowest BCUT2D eigenvalue weighted by molar-refractivity contribution is -0.134. The third-order valence-corrected chi connectivity index (χ3v) is 6.75. The maximum absolute atomic E-state index is 9.00. The van der Waals surface area contributed by atoms with E-state index in [2.05, 4.69) is 22.4 Å². The van der Waals surface area contributed by atoms with E-state index in [0.29, 0.717) is 0 Å². The lowest BCUT2D eigenvalue weighted by Crippen LogP contribution is -1.78. The van der Waals surface area contributed by atoms with E-state index in [9.17, 15) is 0 Å². The Morgan fingerprint density at radius 1 is 1.30 bits per heavy atom. The van der Waals surface area contributed by atoms with Crippen LogP contribution < -0.4 is 0 Å². The lowest BCUT2D eigenvalue weighted by Gasteiger charge is -1.59. The standard InChI is InChI=1S/C2H4O2.S6/c1-2(3)4;1-3-5-6-4-2/h1H3,(H,3,4);. The number of aliphatic carboxylic acids is 1. The number of carboxylic acids is 1. The average molecular weight is 252 g/mol. The molecule has 0 rings (SSSR count). The quantitative estimate of drug-likeness (QED) is 0.662. The van der Waals surface area contributed by atoms with Gasteiger partial charge in [0.25, 0.3) is 5.97 Å². The second kappa shape index (κ2) is 12.5. The minimum Gasteiger partial charge on any atom is -0.481 e. The zero-order chi connectivity index (χ0) is 8.41. The van der Waals surface area contributed by atoms with Crippen molar-refractivity contribution in [2.75, 3.05) is 0 Å². The number of carbonyl (C=O) groups is 1. The van der Waals surface area contributed by atoms with Crippen LogP contribution in [0.3, 0.4) is 0 Å². The summed E-state index contributed by atoms with van der Waals surface area (Å²) in [6.07, 6.45) is 0. The van der Waals surface area contributed by atoms with Crippen LogP contribution in [0.15, 0.2) is 0 Å². The van der Waals surface area contributed by atoms with Crippen LogP contribution in [0, 0.1) is 0 Å². The lowest BCUT2D eigenvalue weighted by atomic mass is 10.9. The number of hydrogen-bond acceptors (Lipinski definition) is 3. The summed E-state index contributed by atoms with van der Waals surface area (Å²) in [6, 6.07) is 0. The van der Waals surface area contributed by atoms with Gasteiger partial charge >= 0.3 is 0 Å². The van der Waals surface area contributed by atoms with Crippen LogP contribution in [-0.2, 0) is 62.7 Å². The Hall–Kier alpha value is 0.790. The highest BCUT2D eigenvalue weighted by atomic mass is 33.3. The van der Waals surface area contributed by atoms with Gasteiger partial charge in [-0.05, 0) is 0 Å². The van der Waals surface area contributed by atoms with Gasteiger partial charge in [-0.1, -0.05) is 0 Å². The first-order valence-corrected chi connectivity index (χ1v) is 8.43. The van der Waals surface area contributed by atoms with E-state index < -0.39 is 5.97 Å². The van der Waals surface area contributed by atoms with Gasteiger partial charge in [0.15, 0.2) is 0 Å². The first kappa shape index (κ1) is 13.4. The molecular weight excluding hydrogens is 248 g/mol. The van der Waals surface area contributed by atoms with E-state index in [4.69, 9.17) is 9.90 Å². The van der Waals surface area contributed by atoms with E-state index in [0.717, 1.165) is 6.92 Å². The van der Waals surface area contributed by atoms with E-state index in [1.54, 1.807) is 0 Å². The zero-order valence-corrected chi connectivity index (χ0v) is 9.70. The van der Waals surface area contributed by atoms with E-state index in [1.165, 1.54) is 35.5 Å². The van der Waals surface area contributed by atoms with Gasteiger partial charge in [0.1, 0.15) is 0 Å². The predicted molar refractivity (Wildman–Crippen MR) is 57.5 cm³/mol. The highest BCUT2D eigenvalue weighted by molar-refractivity contribution is 8.64. The van der Waals surface area contributed by atoms with E-state index >= 15 is 0 Å². The van der Waals surface area contributed by atoms with Crippen molar-refractivity contribution in [3.8, 4) is 0 Å². The van der Waals surface area contributed by atoms with Crippen LogP contribution in [0.5, 0.6) is 0 Å². The molecule has 10 heavy (non-hydrogen) atoms. The van der Waals surface area contributed by atoms with Crippen LogP contribution in [-0.4, -0.2) is 11.1 Å². The van der Waals surface area contributed by atoms with Crippen LogP contribution in [0.2, 0.25) is 0 Å². The molecule has 0 unspecified atom stereocenters. The molecule has 0 amide bonds. The fourth-order valence-corrected chi connectivity index (χ4v) is 5.51. The largest absolute Gasteiger partial charge is 0.481 e. The van der Waals surface area contributed by atoms with Crippen molar-refractivity contribution in [3.05, 3.63) is 0 Å². The van der Waals surface area contributed by atoms with Gasteiger partial charge in [-0.25, -0.2) is 0 Å². The Bertz CT molecular complexity index is 210. The maximum atomic E-state index is 9.00. The maximum Gasteiger partial charge on any atom is 0.300 e. The molecule has 0 aromatic heterocycles. The van der Waals surface area contributed by atoms with Crippen molar-refractivity contribution in [2.24, 2.45) is 0 Å². The molecule has 0 saturated carbocycles. The second-order valence-corrected chi connectivity index (χ2v) is 7.87. The minimum absolute atomic E-state index is 0.833.